The molecule has 0 saturated carbocycles. The zero-order valence-corrected chi connectivity index (χ0v) is 8.17. The summed E-state index contributed by atoms with van der Waals surface area (Å²) in [5.41, 5.74) is 0.702. The Morgan fingerprint density at radius 1 is 1.54 bits per heavy atom. The largest absolute Gasteiger partial charge is 0.375 e. The van der Waals surface area contributed by atoms with Gasteiger partial charge in [-0.25, -0.2) is 0 Å². The molecule has 0 unspecified atom stereocenters. The third kappa shape index (κ3) is 3.08. The van der Waals surface area contributed by atoms with Gasteiger partial charge in [-0.1, -0.05) is 12.1 Å². The van der Waals surface area contributed by atoms with Gasteiger partial charge in [0.2, 0.25) is 5.91 Å². The molecule has 4 heteroatoms. The van der Waals surface area contributed by atoms with Crippen LogP contribution < -0.4 is 5.32 Å². The Morgan fingerprint density at radius 2 is 2.23 bits per heavy atom. The zero-order chi connectivity index (χ0) is 9.68. The summed E-state index contributed by atoms with van der Waals surface area (Å²) < 4.78 is 4.68. The topological polar surface area (TPSA) is 38.3 Å². The van der Waals surface area contributed by atoms with Gasteiger partial charge >= 0.3 is 0 Å². The van der Waals surface area contributed by atoms with Crippen LogP contribution in [0.2, 0.25) is 0 Å². The van der Waals surface area contributed by atoms with Crippen LogP contribution in [0.3, 0.4) is 0 Å². The van der Waals surface area contributed by atoms with Gasteiger partial charge in [0, 0.05) is 12.0 Å². The van der Waals surface area contributed by atoms with Crippen molar-refractivity contribution in [2.24, 2.45) is 0 Å². The minimum absolute atomic E-state index is 0.0577. The maximum Gasteiger partial charge on any atom is 0.250 e. The minimum atomic E-state index is -0.177. The van der Waals surface area contributed by atoms with Crippen molar-refractivity contribution in [3.63, 3.8) is 0 Å². The van der Waals surface area contributed by atoms with E-state index in [0.717, 1.165) is 4.90 Å². The number of benzene rings is 1. The predicted octanol–water partition coefficient (Wildman–Crippen LogP) is 1.56. The summed E-state index contributed by atoms with van der Waals surface area (Å²) in [6.45, 7) is 0.0577. The highest BCUT2D eigenvalue weighted by atomic mass is 32.1. The molecule has 0 bridgehead atoms. The first-order valence-corrected chi connectivity index (χ1v) is 4.25. The summed E-state index contributed by atoms with van der Waals surface area (Å²) in [6.07, 6.45) is 0. The van der Waals surface area contributed by atoms with Crippen molar-refractivity contribution < 1.29 is 9.53 Å². The lowest BCUT2D eigenvalue weighted by molar-refractivity contribution is -0.119. The number of amides is 1. The van der Waals surface area contributed by atoms with Crippen LogP contribution in [-0.4, -0.2) is 19.6 Å². The molecule has 0 radical (unpaired) electrons. The molecule has 3 nitrogen and oxygen atoms in total. The molecule has 1 aromatic carbocycles. The van der Waals surface area contributed by atoms with Crippen LogP contribution in [0.5, 0.6) is 0 Å². The first kappa shape index (κ1) is 10.1. The monoisotopic (exact) mass is 197 g/mol. The molecule has 0 atom stereocenters. The van der Waals surface area contributed by atoms with Crippen molar-refractivity contribution in [1.29, 1.82) is 0 Å². The van der Waals surface area contributed by atoms with Gasteiger partial charge in [-0.05, 0) is 12.1 Å². The third-order valence-electron chi connectivity index (χ3n) is 1.45. The SMILES string of the molecule is COCC(=O)Nc1ccccc1S. The molecule has 1 aromatic rings. The molecule has 70 valence electrons. The maximum atomic E-state index is 11.1. The molecular formula is C9H11NO2S. The standard InChI is InChI=1S/C9H11NO2S/c1-12-6-9(11)10-7-4-2-3-5-8(7)13/h2-5,13H,6H2,1H3,(H,10,11). The quantitative estimate of drug-likeness (QED) is 0.722. The molecule has 0 aliphatic heterocycles. The average molecular weight is 197 g/mol. The van der Waals surface area contributed by atoms with E-state index in [1.165, 1.54) is 7.11 Å². The number of carbonyl (C=O) groups is 1. The van der Waals surface area contributed by atoms with Gasteiger partial charge in [0.25, 0.3) is 0 Å². The first-order valence-electron chi connectivity index (χ1n) is 3.81. The van der Waals surface area contributed by atoms with E-state index in [0.29, 0.717) is 5.69 Å². The summed E-state index contributed by atoms with van der Waals surface area (Å²) in [4.78, 5) is 11.8. The highest BCUT2D eigenvalue weighted by molar-refractivity contribution is 7.80. The number of anilines is 1. The summed E-state index contributed by atoms with van der Waals surface area (Å²) in [5, 5.41) is 2.67. The van der Waals surface area contributed by atoms with Crippen LogP contribution in [0.15, 0.2) is 29.2 Å². The zero-order valence-electron chi connectivity index (χ0n) is 7.28. The fraction of sp³-hybridized carbons (Fsp3) is 0.222. The summed E-state index contributed by atoms with van der Waals surface area (Å²) >= 11 is 4.19. The van der Waals surface area contributed by atoms with Crippen LogP contribution in [0, 0.1) is 0 Å². The minimum Gasteiger partial charge on any atom is -0.375 e. The highest BCUT2D eigenvalue weighted by Crippen LogP contribution is 2.18. The Bertz CT molecular complexity index is 301. The number of methoxy groups -OCH3 is 1. The van der Waals surface area contributed by atoms with E-state index in [1.54, 1.807) is 6.07 Å². The van der Waals surface area contributed by atoms with E-state index >= 15 is 0 Å². The van der Waals surface area contributed by atoms with Crippen molar-refractivity contribution in [2.75, 3.05) is 19.0 Å². The Morgan fingerprint density at radius 3 is 2.85 bits per heavy atom. The number of ether oxygens (including phenoxy) is 1. The molecule has 0 spiro atoms. The molecule has 0 fully saturated rings. The van der Waals surface area contributed by atoms with E-state index in [2.05, 4.69) is 22.7 Å². The van der Waals surface area contributed by atoms with Crippen molar-refractivity contribution in [3.8, 4) is 0 Å². The number of carbonyl (C=O) groups excluding carboxylic acids is 1. The van der Waals surface area contributed by atoms with Gasteiger partial charge in [-0.3, -0.25) is 4.79 Å². The molecule has 0 saturated heterocycles. The number of para-hydroxylation sites is 1. The Balaban J connectivity index is 2.63. The molecule has 1 rings (SSSR count). The molecular weight excluding hydrogens is 186 g/mol. The van der Waals surface area contributed by atoms with Gasteiger partial charge in [0.05, 0.1) is 5.69 Å². The smallest absolute Gasteiger partial charge is 0.250 e. The van der Waals surface area contributed by atoms with Crippen molar-refractivity contribution in [1.82, 2.24) is 0 Å². The van der Waals surface area contributed by atoms with Crippen molar-refractivity contribution in [2.45, 2.75) is 4.90 Å². The van der Waals surface area contributed by atoms with E-state index < -0.39 is 0 Å². The maximum absolute atomic E-state index is 11.1. The lowest BCUT2D eigenvalue weighted by Crippen LogP contribution is -2.17. The fourth-order valence-corrected chi connectivity index (χ4v) is 1.11. The van der Waals surface area contributed by atoms with E-state index in [4.69, 9.17) is 0 Å². The van der Waals surface area contributed by atoms with Crippen LogP contribution >= 0.6 is 12.6 Å². The van der Waals surface area contributed by atoms with E-state index in [-0.39, 0.29) is 12.5 Å². The van der Waals surface area contributed by atoms with E-state index in [1.807, 2.05) is 18.2 Å². The highest BCUT2D eigenvalue weighted by Gasteiger charge is 2.02. The molecule has 1 N–H and O–H groups in total. The summed E-state index contributed by atoms with van der Waals surface area (Å²) in [6, 6.07) is 7.29. The van der Waals surface area contributed by atoms with Crippen LogP contribution in [0.25, 0.3) is 0 Å². The second-order valence-electron chi connectivity index (χ2n) is 2.50. The number of hydrogen-bond donors (Lipinski definition) is 2. The van der Waals surface area contributed by atoms with Crippen LogP contribution in [0.4, 0.5) is 5.69 Å². The van der Waals surface area contributed by atoms with Gasteiger partial charge in [0.1, 0.15) is 6.61 Å². The van der Waals surface area contributed by atoms with Crippen LogP contribution in [0.1, 0.15) is 0 Å². The number of hydrogen-bond acceptors (Lipinski definition) is 3. The molecule has 13 heavy (non-hydrogen) atoms. The Labute approximate surface area is 82.5 Å². The molecule has 0 aliphatic rings. The lowest BCUT2D eigenvalue weighted by Gasteiger charge is -2.05. The molecule has 0 heterocycles. The lowest BCUT2D eigenvalue weighted by atomic mass is 10.3. The Kier molecular flexibility index (Phi) is 3.79. The van der Waals surface area contributed by atoms with Gasteiger partial charge < -0.3 is 10.1 Å². The molecule has 1 amide bonds. The fourth-order valence-electron chi connectivity index (χ4n) is 0.897. The number of thiol groups is 1. The predicted molar refractivity (Wildman–Crippen MR) is 54.2 cm³/mol. The van der Waals surface area contributed by atoms with Crippen LogP contribution in [-0.2, 0) is 9.53 Å². The first-order chi connectivity index (χ1) is 6.24. The molecule has 0 aromatic heterocycles. The number of nitrogens with one attached hydrogen (secondary N) is 1. The van der Waals surface area contributed by atoms with Crippen molar-refractivity contribution >= 4 is 24.2 Å². The summed E-state index contributed by atoms with van der Waals surface area (Å²) in [7, 11) is 1.48. The van der Waals surface area contributed by atoms with Gasteiger partial charge in [-0.2, -0.15) is 0 Å². The molecule has 0 aliphatic carbocycles. The van der Waals surface area contributed by atoms with Gasteiger partial charge in [0.15, 0.2) is 0 Å². The third-order valence-corrected chi connectivity index (χ3v) is 1.84. The Hall–Kier alpha value is -1.00. The van der Waals surface area contributed by atoms with Crippen molar-refractivity contribution in [3.05, 3.63) is 24.3 Å². The number of rotatable bonds is 3. The second kappa shape index (κ2) is 4.89. The van der Waals surface area contributed by atoms with E-state index in [9.17, 15) is 4.79 Å². The average Bonchev–Trinajstić information content (AvgIpc) is 2.09. The van der Waals surface area contributed by atoms with Gasteiger partial charge in [-0.15, -0.1) is 12.6 Å². The normalized spacial score (nSPS) is 9.69. The summed E-state index contributed by atoms with van der Waals surface area (Å²) in [5.74, 6) is -0.177. The second-order valence-corrected chi connectivity index (χ2v) is 2.98.